The summed E-state index contributed by atoms with van der Waals surface area (Å²) in [4.78, 5) is 30.0. The van der Waals surface area contributed by atoms with Crippen molar-refractivity contribution in [1.29, 1.82) is 0 Å². The predicted molar refractivity (Wildman–Crippen MR) is 119 cm³/mol. The molecule has 0 atom stereocenters. The molecular weight excluding hydrogens is 507 g/mol. The Balaban J connectivity index is 1.93. The predicted octanol–water partition coefficient (Wildman–Crippen LogP) is 3.70. The van der Waals surface area contributed by atoms with Gasteiger partial charge in [0.1, 0.15) is 5.75 Å². The molecule has 9 heteroatoms. The van der Waals surface area contributed by atoms with Crippen molar-refractivity contribution in [2.75, 3.05) is 13.7 Å². The molecule has 3 rings (SSSR count). The Morgan fingerprint density at radius 1 is 1.38 bits per heavy atom. The van der Waals surface area contributed by atoms with Crippen LogP contribution in [-0.2, 0) is 4.79 Å². The minimum Gasteiger partial charge on any atom is -0.869 e. The zero-order valence-electron chi connectivity index (χ0n) is 15.5. The number of carboxylic acids is 1. The number of ether oxygens (including phenoxy) is 1. The summed E-state index contributed by atoms with van der Waals surface area (Å²) in [7, 11) is 1.60. The van der Waals surface area contributed by atoms with Gasteiger partial charge < -0.3 is 14.9 Å². The summed E-state index contributed by atoms with van der Waals surface area (Å²) < 4.78 is 5.88. The van der Waals surface area contributed by atoms with E-state index in [0.717, 1.165) is 0 Å². The third-order valence-corrected chi connectivity index (χ3v) is 5.81. The Hall–Kier alpha value is -2.53. The number of aliphatic imine (C=N–C) groups is 1. The van der Waals surface area contributed by atoms with E-state index < -0.39 is 5.97 Å². The molecule has 1 saturated heterocycles. The Bertz CT molecular complexity index is 1050. The fourth-order valence-corrected chi connectivity index (χ4v) is 4.17. The molecule has 29 heavy (non-hydrogen) atoms. The van der Waals surface area contributed by atoms with Gasteiger partial charge in [0.15, 0.2) is 5.17 Å². The van der Waals surface area contributed by atoms with Gasteiger partial charge in [-0.05, 0) is 83.2 Å². The molecular formula is C20H16IN2O5S-. The maximum absolute atomic E-state index is 12.6. The number of carbonyl (C=O) groups excluding carboxylic acids is 1. The van der Waals surface area contributed by atoms with Gasteiger partial charge in [-0.2, -0.15) is 0 Å². The molecule has 0 bridgehead atoms. The zero-order chi connectivity index (χ0) is 21.1. The number of amidine groups is 1. The Kier molecular flexibility index (Phi) is 6.48. The highest BCUT2D eigenvalue weighted by molar-refractivity contribution is 14.1. The number of thioether (sulfide) groups is 1. The van der Waals surface area contributed by atoms with Gasteiger partial charge in [0.25, 0.3) is 5.91 Å². The number of carboxylic acid groups (broad SMARTS) is 1. The second kappa shape index (κ2) is 8.87. The monoisotopic (exact) mass is 523 g/mol. The molecule has 2 aromatic carbocycles. The average molecular weight is 523 g/mol. The van der Waals surface area contributed by atoms with Crippen molar-refractivity contribution in [2.45, 2.75) is 6.92 Å². The quantitative estimate of drug-likeness (QED) is 0.474. The van der Waals surface area contributed by atoms with Gasteiger partial charge in [-0.1, -0.05) is 11.8 Å². The maximum Gasteiger partial charge on any atom is 0.335 e. The zero-order valence-corrected chi connectivity index (χ0v) is 18.5. The number of nitrogens with zero attached hydrogens (tertiary/aromatic N) is 2. The number of likely N-dealkylation sites (N-methyl/N-ethyl adjacent to an activating group) is 1. The van der Waals surface area contributed by atoms with Gasteiger partial charge in [-0.15, -0.1) is 0 Å². The van der Waals surface area contributed by atoms with Crippen molar-refractivity contribution in [3.63, 3.8) is 0 Å². The van der Waals surface area contributed by atoms with Crippen LogP contribution in [0.2, 0.25) is 0 Å². The molecule has 150 valence electrons. The SMILES string of the molecule is CCOc1cc(/C=C2\SC(=Nc3cccc(C(=O)O)c3)N(C)C2=O)cc(I)c1[O-]. The van der Waals surface area contributed by atoms with E-state index in [1.165, 1.54) is 28.8 Å². The molecule has 1 amide bonds. The first-order valence-corrected chi connectivity index (χ1v) is 10.4. The van der Waals surface area contributed by atoms with Crippen molar-refractivity contribution in [3.8, 4) is 11.5 Å². The smallest absolute Gasteiger partial charge is 0.335 e. The number of rotatable bonds is 5. The van der Waals surface area contributed by atoms with Gasteiger partial charge in [0, 0.05) is 10.6 Å². The van der Waals surface area contributed by atoms with E-state index in [2.05, 4.69) is 4.99 Å². The van der Waals surface area contributed by atoms with E-state index >= 15 is 0 Å². The fraction of sp³-hybridized carbons (Fsp3) is 0.150. The van der Waals surface area contributed by atoms with E-state index in [1.807, 2.05) is 22.6 Å². The van der Waals surface area contributed by atoms with Crippen LogP contribution in [0.5, 0.6) is 11.5 Å². The van der Waals surface area contributed by atoms with Crippen molar-refractivity contribution in [2.24, 2.45) is 4.99 Å². The van der Waals surface area contributed by atoms with Gasteiger partial charge in [0.2, 0.25) is 0 Å². The van der Waals surface area contributed by atoms with E-state index in [1.54, 1.807) is 44.3 Å². The topological polar surface area (TPSA) is 102 Å². The third-order valence-electron chi connectivity index (χ3n) is 3.95. The molecule has 7 nitrogen and oxygen atoms in total. The second-order valence-corrected chi connectivity index (χ2v) is 8.16. The molecule has 1 aliphatic rings. The van der Waals surface area contributed by atoms with Crippen LogP contribution < -0.4 is 9.84 Å². The highest BCUT2D eigenvalue weighted by atomic mass is 127. The number of hydrogen-bond donors (Lipinski definition) is 1. The molecule has 1 heterocycles. The number of hydrogen-bond acceptors (Lipinski definition) is 6. The van der Waals surface area contributed by atoms with Crippen LogP contribution in [0.25, 0.3) is 6.08 Å². The molecule has 0 saturated carbocycles. The van der Waals surface area contributed by atoms with Crippen molar-refractivity contribution < 1.29 is 24.5 Å². The van der Waals surface area contributed by atoms with Crippen LogP contribution in [-0.4, -0.2) is 40.7 Å². The largest absolute Gasteiger partial charge is 0.869 e. The molecule has 0 spiro atoms. The summed E-state index contributed by atoms with van der Waals surface area (Å²) >= 11 is 3.12. The maximum atomic E-state index is 12.6. The average Bonchev–Trinajstić information content (AvgIpc) is 2.94. The van der Waals surface area contributed by atoms with Crippen LogP contribution in [0.3, 0.4) is 0 Å². The number of amides is 1. The second-order valence-electron chi connectivity index (χ2n) is 5.99. The summed E-state index contributed by atoms with van der Waals surface area (Å²) in [6, 6.07) is 9.50. The lowest BCUT2D eigenvalue weighted by Gasteiger charge is -2.16. The third kappa shape index (κ3) is 4.73. The number of halogens is 1. The van der Waals surface area contributed by atoms with Crippen molar-refractivity contribution >= 4 is 63.2 Å². The number of benzene rings is 2. The number of carbonyl (C=O) groups is 2. The normalized spacial score (nSPS) is 16.7. The molecule has 1 fully saturated rings. The molecule has 1 N–H and O–H groups in total. The van der Waals surface area contributed by atoms with E-state index in [0.29, 0.717) is 31.5 Å². The van der Waals surface area contributed by atoms with Gasteiger partial charge in [-0.3, -0.25) is 9.69 Å². The lowest BCUT2D eigenvalue weighted by Crippen LogP contribution is -2.23. The molecule has 0 aromatic heterocycles. The van der Waals surface area contributed by atoms with E-state index in [-0.39, 0.29) is 23.0 Å². The number of aromatic carboxylic acids is 1. The summed E-state index contributed by atoms with van der Waals surface area (Å²) in [6.45, 7) is 2.17. The molecule has 0 aliphatic carbocycles. The highest BCUT2D eigenvalue weighted by Gasteiger charge is 2.30. The molecule has 1 aliphatic heterocycles. The van der Waals surface area contributed by atoms with Crippen LogP contribution in [0.1, 0.15) is 22.8 Å². The van der Waals surface area contributed by atoms with Gasteiger partial charge in [0.05, 0.1) is 22.8 Å². The standard InChI is InChI=1S/C20H17IN2O5S/c1-3-28-15-8-11(7-14(21)17(15)24)9-16-18(25)23(2)20(29-16)22-13-6-4-5-12(10-13)19(26)27/h4-10,24H,3H2,1-2H3,(H,26,27)/p-1/b16-9-,22-20?. The fourth-order valence-electron chi connectivity index (χ4n) is 2.56. The van der Waals surface area contributed by atoms with Gasteiger partial charge in [-0.25, -0.2) is 9.79 Å². The highest BCUT2D eigenvalue weighted by Crippen LogP contribution is 2.36. The van der Waals surface area contributed by atoms with Crippen molar-refractivity contribution in [3.05, 3.63) is 56.0 Å². The molecule has 0 radical (unpaired) electrons. The van der Waals surface area contributed by atoms with Crippen LogP contribution in [0.15, 0.2) is 46.3 Å². The first kappa shape index (κ1) is 21.2. The lowest BCUT2D eigenvalue weighted by molar-refractivity contribution is -0.271. The van der Waals surface area contributed by atoms with E-state index in [9.17, 15) is 14.7 Å². The summed E-state index contributed by atoms with van der Waals surface area (Å²) in [5.41, 5.74) is 1.24. The lowest BCUT2D eigenvalue weighted by atomic mass is 10.2. The minimum absolute atomic E-state index is 0.121. The van der Waals surface area contributed by atoms with Gasteiger partial charge >= 0.3 is 5.97 Å². The minimum atomic E-state index is -1.04. The Morgan fingerprint density at radius 3 is 2.83 bits per heavy atom. The molecule has 2 aromatic rings. The van der Waals surface area contributed by atoms with Crippen LogP contribution >= 0.6 is 34.4 Å². The summed E-state index contributed by atoms with van der Waals surface area (Å²) in [6.07, 6.45) is 1.68. The van der Waals surface area contributed by atoms with E-state index in [4.69, 9.17) is 9.84 Å². The van der Waals surface area contributed by atoms with Crippen LogP contribution in [0, 0.1) is 3.57 Å². The van der Waals surface area contributed by atoms with Crippen LogP contribution in [0.4, 0.5) is 5.69 Å². The Morgan fingerprint density at radius 2 is 2.14 bits per heavy atom. The molecule has 0 unspecified atom stereocenters. The Labute approximate surface area is 185 Å². The summed E-state index contributed by atoms with van der Waals surface area (Å²) in [5, 5.41) is 21.6. The van der Waals surface area contributed by atoms with Crippen molar-refractivity contribution in [1.82, 2.24) is 4.90 Å². The summed E-state index contributed by atoms with van der Waals surface area (Å²) in [5.74, 6) is -1.22. The first-order valence-electron chi connectivity index (χ1n) is 8.53. The first-order chi connectivity index (χ1) is 13.8.